The maximum Gasteiger partial charge on any atom is 0.307 e. The maximum atomic E-state index is 10.6. The van der Waals surface area contributed by atoms with Crippen LogP contribution in [0.1, 0.15) is 5.56 Å². The molecule has 3 rings (SSSR count). The molecule has 0 aliphatic rings. The standard InChI is InChI=1S/C15H12N2O2S/c18-15(19)10-11-4-6-12(7-5-11)20-14-3-1-2-13-16-8-9-17(13)14/h1-9H,10H2,(H,18,19). The Kier molecular flexibility index (Phi) is 3.43. The van der Waals surface area contributed by atoms with Gasteiger partial charge < -0.3 is 5.11 Å². The lowest BCUT2D eigenvalue weighted by Crippen LogP contribution is -1.99. The molecule has 0 amide bonds. The van der Waals surface area contributed by atoms with Crippen LogP contribution in [-0.2, 0) is 11.2 Å². The molecule has 1 aromatic carbocycles. The van der Waals surface area contributed by atoms with E-state index in [-0.39, 0.29) is 6.42 Å². The lowest BCUT2D eigenvalue weighted by molar-refractivity contribution is -0.136. The fourth-order valence-electron chi connectivity index (χ4n) is 1.98. The molecule has 5 heteroatoms. The Labute approximate surface area is 120 Å². The maximum absolute atomic E-state index is 10.6. The van der Waals surface area contributed by atoms with E-state index < -0.39 is 5.97 Å². The summed E-state index contributed by atoms with van der Waals surface area (Å²) in [6, 6.07) is 13.6. The minimum Gasteiger partial charge on any atom is -0.481 e. The summed E-state index contributed by atoms with van der Waals surface area (Å²) in [7, 11) is 0. The van der Waals surface area contributed by atoms with Gasteiger partial charge in [0.2, 0.25) is 0 Å². The molecule has 0 fully saturated rings. The van der Waals surface area contributed by atoms with Gasteiger partial charge in [-0.3, -0.25) is 9.20 Å². The quantitative estimate of drug-likeness (QED) is 0.799. The summed E-state index contributed by atoms with van der Waals surface area (Å²) >= 11 is 1.62. The fraction of sp³-hybridized carbons (Fsp3) is 0.0667. The van der Waals surface area contributed by atoms with Gasteiger partial charge in [-0.1, -0.05) is 30.0 Å². The number of fused-ring (bicyclic) bond motifs is 1. The van der Waals surface area contributed by atoms with Crippen molar-refractivity contribution >= 4 is 23.4 Å². The van der Waals surface area contributed by atoms with Crippen molar-refractivity contribution < 1.29 is 9.90 Å². The molecule has 1 N–H and O–H groups in total. The summed E-state index contributed by atoms with van der Waals surface area (Å²) < 4.78 is 2.02. The van der Waals surface area contributed by atoms with Gasteiger partial charge in [0.15, 0.2) is 0 Å². The largest absolute Gasteiger partial charge is 0.481 e. The normalized spacial score (nSPS) is 10.8. The van der Waals surface area contributed by atoms with E-state index in [2.05, 4.69) is 4.98 Å². The van der Waals surface area contributed by atoms with Crippen LogP contribution in [-0.4, -0.2) is 20.5 Å². The number of carboxylic acid groups (broad SMARTS) is 1. The number of benzene rings is 1. The van der Waals surface area contributed by atoms with Gasteiger partial charge in [-0.2, -0.15) is 0 Å². The molecule has 0 spiro atoms. The topological polar surface area (TPSA) is 54.6 Å². The van der Waals surface area contributed by atoms with Crippen LogP contribution in [0.3, 0.4) is 0 Å². The Balaban J connectivity index is 1.84. The Morgan fingerprint density at radius 1 is 1.20 bits per heavy atom. The average molecular weight is 284 g/mol. The van der Waals surface area contributed by atoms with Gasteiger partial charge in [-0.05, 0) is 29.8 Å². The molecule has 100 valence electrons. The number of rotatable bonds is 4. The molecule has 0 saturated heterocycles. The molecule has 0 bridgehead atoms. The predicted octanol–water partition coefficient (Wildman–Crippen LogP) is 3.11. The zero-order valence-electron chi connectivity index (χ0n) is 10.6. The van der Waals surface area contributed by atoms with Gasteiger partial charge in [-0.25, -0.2) is 4.98 Å². The van der Waals surface area contributed by atoms with E-state index in [0.717, 1.165) is 21.1 Å². The first kappa shape index (κ1) is 12.7. The van der Waals surface area contributed by atoms with Crippen LogP contribution in [0.15, 0.2) is 64.8 Å². The molecule has 0 unspecified atom stereocenters. The average Bonchev–Trinajstić information content (AvgIpc) is 2.90. The van der Waals surface area contributed by atoms with Crippen LogP contribution in [0, 0.1) is 0 Å². The van der Waals surface area contributed by atoms with Crippen LogP contribution in [0.25, 0.3) is 5.65 Å². The number of imidazole rings is 1. The van der Waals surface area contributed by atoms with Crippen molar-refractivity contribution in [3.63, 3.8) is 0 Å². The second kappa shape index (κ2) is 5.38. The van der Waals surface area contributed by atoms with Gasteiger partial charge in [-0.15, -0.1) is 0 Å². The number of hydrogen-bond donors (Lipinski definition) is 1. The van der Waals surface area contributed by atoms with Crippen molar-refractivity contribution in [1.82, 2.24) is 9.38 Å². The Morgan fingerprint density at radius 3 is 2.75 bits per heavy atom. The summed E-state index contributed by atoms with van der Waals surface area (Å²) in [4.78, 5) is 16.0. The molecule has 4 nitrogen and oxygen atoms in total. The number of carbonyl (C=O) groups is 1. The minimum absolute atomic E-state index is 0.0576. The van der Waals surface area contributed by atoms with Crippen molar-refractivity contribution in [2.45, 2.75) is 16.3 Å². The monoisotopic (exact) mass is 284 g/mol. The second-order valence-corrected chi connectivity index (χ2v) is 5.43. The van der Waals surface area contributed by atoms with Crippen LogP contribution in [0.2, 0.25) is 0 Å². The van der Waals surface area contributed by atoms with Gasteiger partial charge in [0.25, 0.3) is 0 Å². The highest BCUT2D eigenvalue weighted by Crippen LogP contribution is 2.28. The Morgan fingerprint density at radius 2 is 2.00 bits per heavy atom. The number of hydrogen-bond acceptors (Lipinski definition) is 3. The van der Waals surface area contributed by atoms with Gasteiger partial charge in [0.1, 0.15) is 5.65 Å². The van der Waals surface area contributed by atoms with Crippen LogP contribution < -0.4 is 0 Å². The lowest BCUT2D eigenvalue weighted by Gasteiger charge is -2.05. The molecule has 0 aliphatic heterocycles. The molecule has 2 heterocycles. The first-order valence-electron chi connectivity index (χ1n) is 6.13. The number of aliphatic carboxylic acids is 1. The SMILES string of the molecule is O=C(O)Cc1ccc(Sc2cccc3nccn23)cc1. The van der Waals surface area contributed by atoms with Gasteiger partial charge in [0.05, 0.1) is 11.4 Å². The zero-order chi connectivity index (χ0) is 13.9. The number of pyridine rings is 1. The van der Waals surface area contributed by atoms with Crippen molar-refractivity contribution in [1.29, 1.82) is 0 Å². The first-order valence-corrected chi connectivity index (χ1v) is 6.95. The zero-order valence-corrected chi connectivity index (χ0v) is 11.4. The van der Waals surface area contributed by atoms with Gasteiger partial charge in [0, 0.05) is 17.3 Å². The van der Waals surface area contributed by atoms with Gasteiger partial charge >= 0.3 is 5.97 Å². The summed E-state index contributed by atoms with van der Waals surface area (Å²) in [6.45, 7) is 0. The van der Waals surface area contributed by atoms with Crippen molar-refractivity contribution in [2.75, 3.05) is 0 Å². The third-order valence-electron chi connectivity index (χ3n) is 2.89. The summed E-state index contributed by atoms with van der Waals surface area (Å²) in [6.07, 6.45) is 3.76. The van der Waals surface area contributed by atoms with Crippen molar-refractivity contribution in [2.24, 2.45) is 0 Å². The molecule has 0 radical (unpaired) electrons. The molecule has 3 aromatic rings. The first-order chi connectivity index (χ1) is 9.72. The predicted molar refractivity (Wildman–Crippen MR) is 77.1 cm³/mol. The Bertz CT molecular complexity index is 750. The highest BCUT2D eigenvalue weighted by atomic mass is 32.2. The highest BCUT2D eigenvalue weighted by Gasteiger charge is 2.04. The minimum atomic E-state index is -0.811. The third-order valence-corrected chi connectivity index (χ3v) is 3.94. The van der Waals surface area contributed by atoms with E-state index >= 15 is 0 Å². The number of aromatic nitrogens is 2. The summed E-state index contributed by atoms with van der Waals surface area (Å²) in [5.41, 5.74) is 1.72. The van der Waals surface area contributed by atoms with Crippen molar-refractivity contribution in [3.8, 4) is 0 Å². The highest BCUT2D eigenvalue weighted by molar-refractivity contribution is 7.99. The summed E-state index contributed by atoms with van der Waals surface area (Å²) in [5.74, 6) is -0.811. The van der Waals surface area contributed by atoms with E-state index in [1.54, 1.807) is 18.0 Å². The van der Waals surface area contributed by atoms with Crippen LogP contribution >= 0.6 is 11.8 Å². The molecular weight excluding hydrogens is 272 g/mol. The Hall–Kier alpha value is -2.27. The van der Waals surface area contributed by atoms with E-state index in [9.17, 15) is 4.79 Å². The summed E-state index contributed by atoms with van der Waals surface area (Å²) in [5, 5.41) is 9.83. The van der Waals surface area contributed by atoms with Crippen LogP contribution in [0.5, 0.6) is 0 Å². The molecule has 0 saturated carbocycles. The number of nitrogens with zero attached hydrogens (tertiary/aromatic N) is 2. The van der Waals surface area contributed by atoms with E-state index in [1.165, 1.54) is 0 Å². The molecule has 0 atom stereocenters. The second-order valence-electron chi connectivity index (χ2n) is 4.34. The van der Waals surface area contributed by atoms with E-state index in [1.807, 2.05) is 53.1 Å². The third kappa shape index (κ3) is 2.67. The van der Waals surface area contributed by atoms with Crippen LogP contribution in [0.4, 0.5) is 0 Å². The fourth-order valence-corrected chi connectivity index (χ4v) is 2.89. The van der Waals surface area contributed by atoms with Crippen molar-refractivity contribution in [3.05, 3.63) is 60.4 Å². The number of carboxylic acids is 1. The van der Waals surface area contributed by atoms with E-state index in [4.69, 9.17) is 5.11 Å². The molecule has 20 heavy (non-hydrogen) atoms. The van der Waals surface area contributed by atoms with E-state index in [0.29, 0.717) is 0 Å². The molecule has 2 aromatic heterocycles. The molecule has 0 aliphatic carbocycles. The lowest BCUT2D eigenvalue weighted by atomic mass is 10.2. The molecular formula is C15H12N2O2S. The smallest absolute Gasteiger partial charge is 0.307 e.